The van der Waals surface area contributed by atoms with Gasteiger partial charge in [0.05, 0.1) is 12.8 Å². The van der Waals surface area contributed by atoms with E-state index in [-0.39, 0.29) is 0 Å². The molecule has 0 aliphatic rings. The molecule has 1 aromatic rings. The van der Waals surface area contributed by atoms with Crippen LogP contribution in [0.4, 0.5) is 5.69 Å². The molecular weight excluding hydrogens is 218 g/mol. The van der Waals surface area contributed by atoms with E-state index in [4.69, 9.17) is 9.84 Å². The lowest BCUT2D eigenvalue weighted by Gasteiger charge is -2.27. The maximum absolute atomic E-state index is 11.1. The van der Waals surface area contributed by atoms with Crippen molar-refractivity contribution in [1.82, 2.24) is 0 Å². The van der Waals surface area contributed by atoms with Crippen LogP contribution in [0.15, 0.2) is 18.2 Å². The van der Waals surface area contributed by atoms with Crippen LogP contribution in [0.1, 0.15) is 18.9 Å². The fourth-order valence-corrected chi connectivity index (χ4v) is 1.86. The fraction of sp³-hybridized carbons (Fsp3) is 0.462. The molecule has 0 bridgehead atoms. The minimum absolute atomic E-state index is 0.536. The Labute approximate surface area is 102 Å². The Morgan fingerprint density at radius 3 is 2.65 bits per heavy atom. The summed E-state index contributed by atoms with van der Waals surface area (Å²) < 4.78 is 5.26. The maximum Gasteiger partial charge on any atom is 0.326 e. The molecule has 0 aliphatic carbocycles. The quantitative estimate of drug-likeness (QED) is 0.853. The second kappa shape index (κ2) is 5.57. The highest BCUT2D eigenvalue weighted by Crippen LogP contribution is 2.30. The van der Waals surface area contributed by atoms with Gasteiger partial charge >= 0.3 is 5.97 Å². The standard InChI is InChI=1S/C13H19NO3/c1-5-10(13(15)16)14(3)11-8-9(2)6-7-12(11)17-4/h6-8,10H,5H2,1-4H3,(H,15,16)/t10-/m0/s1. The highest BCUT2D eigenvalue weighted by molar-refractivity contribution is 5.79. The van der Waals surface area contributed by atoms with Gasteiger partial charge in [0.1, 0.15) is 11.8 Å². The molecule has 0 aliphatic heterocycles. The van der Waals surface area contributed by atoms with Crippen LogP contribution in [-0.2, 0) is 4.79 Å². The van der Waals surface area contributed by atoms with Gasteiger partial charge in [-0.1, -0.05) is 13.0 Å². The summed E-state index contributed by atoms with van der Waals surface area (Å²) >= 11 is 0. The summed E-state index contributed by atoms with van der Waals surface area (Å²) in [5.41, 5.74) is 1.88. The number of aliphatic carboxylic acids is 1. The number of nitrogens with zero attached hydrogens (tertiary/aromatic N) is 1. The van der Waals surface area contributed by atoms with Crippen LogP contribution in [0.3, 0.4) is 0 Å². The molecule has 0 saturated heterocycles. The highest BCUT2D eigenvalue weighted by atomic mass is 16.5. The number of hydrogen-bond acceptors (Lipinski definition) is 3. The van der Waals surface area contributed by atoms with Crippen molar-refractivity contribution in [3.63, 3.8) is 0 Å². The van der Waals surface area contributed by atoms with Crippen molar-refractivity contribution in [1.29, 1.82) is 0 Å². The van der Waals surface area contributed by atoms with Crippen LogP contribution in [0, 0.1) is 6.92 Å². The number of hydrogen-bond donors (Lipinski definition) is 1. The second-order valence-corrected chi connectivity index (χ2v) is 4.05. The van der Waals surface area contributed by atoms with Gasteiger partial charge in [0.15, 0.2) is 0 Å². The van der Waals surface area contributed by atoms with Gasteiger partial charge in [-0.25, -0.2) is 4.79 Å². The van der Waals surface area contributed by atoms with Gasteiger partial charge in [0.2, 0.25) is 0 Å². The van der Waals surface area contributed by atoms with Gasteiger partial charge in [0, 0.05) is 7.05 Å². The van der Waals surface area contributed by atoms with Crippen LogP contribution >= 0.6 is 0 Å². The molecule has 0 saturated carbocycles. The average molecular weight is 237 g/mol. The first-order valence-electron chi connectivity index (χ1n) is 5.61. The first kappa shape index (κ1) is 13.4. The molecule has 0 radical (unpaired) electrons. The number of methoxy groups -OCH3 is 1. The van der Waals surface area contributed by atoms with Crippen LogP contribution in [0.5, 0.6) is 5.75 Å². The van der Waals surface area contributed by atoms with Gasteiger partial charge in [-0.05, 0) is 31.0 Å². The highest BCUT2D eigenvalue weighted by Gasteiger charge is 2.22. The second-order valence-electron chi connectivity index (χ2n) is 4.05. The number of carboxylic acids is 1. The van der Waals surface area contributed by atoms with Crippen molar-refractivity contribution in [3.8, 4) is 5.75 Å². The van der Waals surface area contributed by atoms with Gasteiger partial charge in [-0.15, -0.1) is 0 Å². The van der Waals surface area contributed by atoms with Crippen LogP contribution in [0.25, 0.3) is 0 Å². The Balaban J connectivity index is 3.13. The maximum atomic E-state index is 11.1. The summed E-state index contributed by atoms with van der Waals surface area (Å²) in [6.45, 7) is 3.83. The largest absolute Gasteiger partial charge is 0.495 e. The lowest BCUT2D eigenvalue weighted by atomic mass is 10.1. The monoisotopic (exact) mass is 237 g/mol. The zero-order valence-electron chi connectivity index (χ0n) is 10.7. The summed E-state index contributed by atoms with van der Waals surface area (Å²) in [6, 6.07) is 5.20. The zero-order chi connectivity index (χ0) is 13.0. The van der Waals surface area contributed by atoms with E-state index >= 15 is 0 Å². The number of ether oxygens (including phenoxy) is 1. The van der Waals surface area contributed by atoms with Gasteiger partial charge in [-0.3, -0.25) is 0 Å². The number of likely N-dealkylation sites (N-methyl/N-ethyl adjacent to an activating group) is 1. The summed E-state index contributed by atoms with van der Waals surface area (Å²) in [7, 11) is 3.36. The number of anilines is 1. The zero-order valence-corrected chi connectivity index (χ0v) is 10.7. The third-order valence-corrected chi connectivity index (χ3v) is 2.85. The molecule has 4 heteroatoms. The summed E-state index contributed by atoms with van der Waals surface area (Å²) in [5.74, 6) is -0.128. The van der Waals surface area contributed by atoms with E-state index < -0.39 is 12.0 Å². The minimum Gasteiger partial charge on any atom is -0.495 e. The van der Waals surface area contributed by atoms with Gasteiger partial charge < -0.3 is 14.7 Å². The van der Waals surface area contributed by atoms with Crippen LogP contribution < -0.4 is 9.64 Å². The Hall–Kier alpha value is -1.71. The summed E-state index contributed by atoms with van der Waals surface area (Å²) in [4.78, 5) is 12.9. The minimum atomic E-state index is -0.821. The molecule has 94 valence electrons. The molecule has 0 heterocycles. The number of carboxylic acid groups (broad SMARTS) is 1. The lowest BCUT2D eigenvalue weighted by molar-refractivity contribution is -0.138. The van der Waals surface area contributed by atoms with E-state index in [2.05, 4.69) is 0 Å². The molecule has 4 nitrogen and oxygen atoms in total. The van der Waals surface area contributed by atoms with E-state index in [1.54, 1.807) is 19.1 Å². The first-order valence-corrected chi connectivity index (χ1v) is 5.61. The molecule has 17 heavy (non-hydrogen) atoms. The number of benzene rings is 1. The van der Waals surface area contributed by atoms with Crippen LogP contribution in [-0.4, -0.2) is 31.3 Å². The van der Waals surface area contributed by atoms with Crippen LogP contribution in [0.2, 0.25) is 0 Å². The van der Waals surface area contributed by atoms with Crippen molar-refractivity contribution < 1.29 is 14.6 Å². The molecule has 1 N–H and O–H groups in total. The SMILES string of the molecule is CC[C@@H](C(=O)O)N(C)c1cc(C)ccc1OC. The predicted octanol–water partition coefficient (Wildman–Crippen LogP) is 2.30. The molecule has 0 spiro atoms. The summed E-state index contributed by atoms with van der Waals surface area (Å²) in [6.07, 6.45) is 0.545. The molecular formula is C13H19NO3. The molecule has 1 aromatic carbocycles. The molecule has 0 aromatic heterocycles. The van der Waals surface area contributed by atoms with E-state index in [9.17, 15) is 4.79 Å². The van der Waals surface area contributed by atoms with Gasteiger partial charge in [-0.2, -0.15) is 0 Å². The Kier molecular flexibility index (Phi) is 4.37. The topological polar surface area (TPSA) is 49.8 Å². The Bertz CT molecular complexity index is 404. The van der Waals surface area contributed by atoms with E-state index in [0.29, 0.717) is 12.2 Å². The number of rotatable bonds is 5. The van der Waals surface area contributed by atoms with E-state index in [1.165, 1.54) is 0 Å². The van der Waals surface area contributed by atoms with E-state index in [1.807, 2.05) is 32.0 Å². The van der Waals surface area contributed by atoms with Crippen molar-refractivity contribution in [3.05, 3.63) is 23.8 Å². The first-order chi connectivity index (χ1) is 8.01. The number of aryl methyl sites for hydroxylation is 1. The van der Waals surface area contributed by atoms with Crippen molar-refractivity contribution in [2.75, 3.05) is 19.1 Å². The molecule has 0 fully saturated rings. The predicted molar refractivity (Wildman–Crippen MR) is 67.8 cm³/mol. The Morgan fingerprint density at radius 2 is 2.18 bits per heavy atom. The number of carbonyl (C=O) groups is 1. The van der Waals surface area contributed by atoms with Gasteiger partial charge in [0.25, 0.3) is 0 Å². The summed E-state index contributed by atoms with van der Waals surface area (Å²) in [5, 5.41) is 9.16. The normalized spacial score (nSPS) is 12.0. The molecule has 1 atom stereocenters. The smallest absolute Gasteiger partial charge is 0.326 e. The fourth-order valence-electron chi connectivity index (χ4n) is 1.86. The third kappa shape index (κ3) is 2.90. The molecule has 0 amide bonds. The lowest BCUT2D eigenvalue weighted by Crippen LogP contribution is -2.38. The molecule has 1 rings (SSSR count). The van der Waals surface area contributed by atoms with Crippen molar-refractivity contribution in [2.24, 2.45) is 0 Å². The molecule has 0 unspecified atom stereocenters. The Morgan fingerprint density at radius 1 is 1.53 bits per heavy atom. The third-order valence-electron chi connectivity index (χ3n) is 2.85. The van der Waals surface area contributed by atoms with E-state index in [0.717, 1.165) is 11.3 Å². The van der Waals surface area contributed by atoms with Crippen molar-refractivity contribution >= 4 is 11.7 Å². The van der Waals surface area contributed by atoms with Crippen molar-refractivity contribution in [2.45, 2.75) is 26.3 Å². The average Bonchev–Trinajstić information content (AvgIpc) is 2.29.